The van der Waals surface area contributed by atoms with Crippen molar-refractivity contribution in [3.05, 3.63) is 48.9 Å². The molecule has 2 aromatic carbocycles. The Morgan fingerprint density at radius 2 is 1.92 bits per heavy atom. The minimum atomic E-state index is 0.818. The molecule has 0 saturated carbocycles. The summed E-state index contributed by atoms with van der Waals surface area (Å²) in [6.45, 7) is 3.86. The van der Waals surface area contributed by atoms with Crippen molar-refractivity contribution < 1.29 is 0 Å². The molecular formula is C11H10N. The quantitative estimate of drug-likeness (QED) is 0.583. The number of hydrogen-bond acceptors (Lipinski definition) is 1. The molecule has 1 heteroatoms. The van der Waals surface area contributed by atoms with Gasteiger partial charge >= 0.3 is 0 Å². The van der Waals surface area contributed by atoms with Crippen molar-refractivity contribution in [1.82, 2.24) is 0 Å². The van der Waals surface area contributed by atoms with Crippen LogP contribution in [0, 0.1) is 6.92 Å². The summed E-state index contributed by atoms with van der Waals surface area (Å²) in [5, 5.41) is 2.26. The molecule has 0 unspecified atom stereocenters. The summed E-state index contributed by atoms with van der Waals surface area (Å²) >= 11 is 0. The molecule has 0 aliphatic heterocycles. The topological polar surface area (TPSA) is 26.0 Å². The molecule has 0 amide bonds. The molecule has 0 aromatic heterocycles. The van der Waals surface area contributed by atoms with E-state index in [1.807, 2.05) is 36.4 Å². The minimum Gasteiger partial charge on any atom is -0.398 e. The normalized spacial score (nSPS) is 10.4. The maximum atomic E-state index is 5.80. The van der Waals surface area contributed by atoms with Gasteiger partial charge in [-0.1, -0.05) is 24.3 Å². The van der Waals surface area contributed by atoms with Crippen LogP contribution in [0.2, 0.25) is 0 Å². The van der Waals surface area contributed by atoms with E-state index in [4.69, 9.17) is 5.73 Å². The van der Waals surface area contributed by atoms with E-state index in [0.29, 0.717) is 0 Å². The summed E-state index contributed by atoms with van der Waals surface area (Å²) in [6, 6.07) is 11.9. The Morgan fingerprint density at radius 3 is 2.75 bits per heavy atom. The van der Waals surface area contributed by atoms with Gasteiger partial charge in [0.2, 0.25) is 0 Å². The minimum absolute atomic E-state index is 0.818. The van der Waals surface area contributed by atoms with Crippen LogP contribution < -0.4 is 5.73 Å². The van der Waals surface area contributed by atoms with Crippen molar-refractivity contribution in [2.24, 2.45) is 0 Å². The molecule has 1 radical (unpaired) electrons. The first-order chi connectivity index (χ1) is 5.77. The molecule has 59 valence electrons. The van der Waals surface area contributed by atoms with Gasteiger partial charge in [-0.15, -0.1) is 0 Å². The Morgan fingerprint density at radius 1 is 1.08 bits per heavy atom. The van der Waals surface area contributed by atoms with Crippen molar-refractivity contribution in [2.45, 2.75) is 0 Å². The SMILES string of the molecule is [CH2]c1ccc2cccc(N)c2c1. The van der Waals surface area contributed by atoms with Crippen LogP contribution in [0.4, 0.5) is 5.69 Å². The first kappa shape index (κ1) is 7.17. The average molecular weight is 156 g/mol. The third-order valence-electron chi connectivity index (χ3n) is 1.98. The number of nitrogen functional groups attached to an aromatic ring is 1. The molecule has 0 aliphatic carbocycles. The van der Waals surface area contributed by atoms with Gasteiger partial charge < -0.3 is 5.73 Å². The summed E-state index contributed by atoms with van der Waals surface area (Å²) in [6.07, 6.45) is 0. The van der Waals surface area contributed by atoms with Crippen molar-refractivity contribution in [3.63, 3.8) is 0 Å². The molecule has 0 heterocycles. The average Bonchev–Trinajstić information content (AvgIpc) is 2.07. The fraction of sp³-hybridized carbons (Fsp3) is 0. The number of rotatable bonds is 0. The van der Waals surface area contributed by atoms with Gasteiger partial charge in [-0.3, -0.25) is 0 Å². The van der Waals surface area contributed by atoms with Crippen molar-refractivity contribution in [1.29, 1.82) is 0 Å². The van der Waals surface area contributed by atoms with Gasteiger partial charge in [-0.2, -0.15) is 0 Å². The Kier molecular flexibility index (Phi) is 1.51. The Balaban J connectivity index is 2.88. The van der Waals surface area contributed by atoms with E-state index in [1.165, 1.54) is 5.39 Å². The van der Waals surface area contributed by atoms with Crippen molar-refractivity contribution in [2.75, 3.05) is 5.73 Å². The van der Waals surface area contributed by atoms with E-state index in [0.717, 1.165) is 16.6 Å². The van der Waals surface area contributed by atoms with Crippen LogP contribution in [-0.4, -0.2) is 0 Å². The lowest BCUT2D eigenvalue weighted by Gasteiger charge is -2.01. The molecule has 2 rings (SSSR count). The molecule has 1 nitrogen and oxygen atoms in total. The van der Waals surface area contributed by atoms with Crippen LogP contribution in [0.5, 0.6) is 0 Å². The lowest BCUT2D eigenvalue weighted by molar-refractivity contribution is 1.66. The molecule has 12 heavy (non-hydrogen) atoms. The highest BCUT2D eigenvalue weighted by Crippen LogP contribution is 2.21. The van der Waals surface area contributed by atoms with Gasteiger partial charge in [0.25, 0.3) is 0 Å². The predicted molar refractivity (Wildman–Crippen MR) is 52.8 cm³/mol. The fourth-order valence-electron chi connectivity index (χ4n) is 1.34. The van der Waals surface area contributed by atoms with Crippen LogP contribution in [0.15, 0.2) is 36.4 Å². The lowest BCUT2D eigenvalue weighted by atomic mass is 10.1. The number of anilines is 1. The zero-order chi connectivity index (χ0) is 8.55. The Labute approximate surface area is 71.8 Å². The van der Waals surface area contributed by atoms with Gasteiger partial charge in [-0.05, 0) is 30.0 Å². The van der Waals surface area contributed by atoms with Crippen LogP contribution in [0.25, 0.3) is 10.8 Å². The molecule has 0 atom stereocenters. The van der Waals surface area contributed by atoms with E-state index in [-0.39, 0.29) is 0 Å². The predicted octanol–water partition coefficient (Wildman–Crippen LogP) is 2.60. The van der Waals surface area contributed by atoms with Gasteiger partial charge in [-0.25, -0.2) is 0 Å². The molecule has 0 spiro atoms. The molecular weight excluding hydrogens is 146 g/mol. The van der Waals surface area contributed by atoms with E-state index in [1.54, 1.807) is 0 Å². The van der Waals surface area contributed by atoms with E-state index in [9.17, 15) is 0 Å². The van der Waals surface area contributed by atoms with E-state index in [2.05, 4.69) is 6.92 Å². The summed E-state index contributed by atoms with van der Waals surface area (Å²) in [7, 11) is 0. The number of benzene rings is 2. The highest BCUT2D eigenvalue weighted by molar-refractivity contribution is 5.93. The largest absolute Gasteiger partial charge is 0.398 e. The molecule has 0 bridgehead atoms. The van der Waals surface area contributed by atoms with Crippen LogP contribution in [0.1, 0.15) is 5.56 Å². The maximum absolute atomic E-state index is 5.80. The van der Waals surface area contributed by atoms with E-state index >= 15 is 0 Å². The first-order valence-corrected chi connectivity index (χ1v) is 3.87. The molecule has 2 aromatic rings. The maximum Gasteiger partial charge on any atom is 0.0393 e. The molecule has 0 saturated heterocycles. The third kappa shape index (κ3) is 1.03. The zero-order valence-corrected chi connectivity index (χ0v) is 6.75. The van der Waals surface area contributed by atoms with Crippen molar-refractivity contribution in [3.8, 4) is 0 Å². The second-order valence-electron chi connectivity index (χ2n) is 2.90. The summed E-state index contributed by atoms with van der Waals surface area (Å²) in [5.41, 5.74) is 7.62. The Bertz CT molecular complexity index is 418. The van der Waals surface area contributed by atoms with Crippen LogP contribution >= 0.6 is 0 Å². The van der Waals surface area contributed by atoms with Crippen molar-refractivity contribution >= 4 is 16.5 Å². The fourth-order valence-corrected chi connectivity index (χ4v) is 1.34. The van der Waals surface area contributed by atoms with E-state index < -0.39 is 0 Å². The second-order valence-corrected chi connectivity index (χ2v) is 2.90. The second kappa shape index (κ2) is 2.52. The van der Waals surface area contributed by atoms with Gasteiger partial charge in [0.05, 0.1) is 0 Å². The molecule has 0 fully saturated rings. The van der Waals surface area contributed by atoms with Gasteiger partial charge in [0.1, 0.15) is 0 Å². The zero-order valence-electron chi connectivity index (χ0n) is 6.75. The van der Waals surface area contributed by atoms with Gasteiger partial charge in [0, 0.05) is 11.1 Å². The Hall–Kier alpha value is -1.50. The monoisotopic (exact) mass is 156 g/mol. The smallest absolute Gasteiger partial charge is 0.0393 e. The standard InChI is InChI=1S/C11H10N/c1-8-5-6-9-3-2-4-11(12)10(9)7-8/h2-7H,1,12H2. The van der Waals surface area contributed by atoms with Crippen LogP contribution in [0.3, 0.4) is 0 Å². The lowest BCUT2D eigenvalue weighted by Crippen LogP contribution is -1.86. The number of fused-ring (bicyclic) bond motifs is 1. The summed E-state index contributed by atoms with van der Waals surface area (Å²) in [4.78, 5) is 0. The highest BCUT2D eigenvalue weighted by Gasteiger charge is 1.95. The summed E-state index contributed by atoms with van der Waals surface area (Å²) in [5.74, 6) is 0. The van der Waals surface area contributed by atoms with Gasteiger partial charge in [0.15, 0.2) is 0 Å². The summed E-state index contributed by atoms with van der Waals surface area (Å²) < 4.78 is 0. The number of hydrogen-bond donors (Lipinski definition) is 1. The third-order valence-corrected chi connectivity index (χ3v) is 1.98. The highest BCUT2D eigenvalue weighted by atomic mass is 14.5. The van der Waals surface area contributed by atoms with Crippen LogP contribution in [-0.2, 0) is 0 Å². The first-order valence-electron chi connectivity index (χ1n) is 3.87. The number of nitrogens with two attached hydrogens (primary N) is 1. The molecule has 0 aliphatic rings. The molecule has 2 N–H and O–H groups in total.